The maximum atomic E-state index is 6.46. The smallest absolute Gasteiger partial charge is 0.160 e. The van der Waals surface area contributed by atoms with Gasteiger partial charge in [-0.25, -0.2) is 9.98 Å². The van der Waals surface area contributed by atoms with E-state index >= 15 is 0 Å². The molecule has 5 rings (SSSR count). The first-order valence-corrected chi connectivity index (χ1v) is 11.0. The van der Waals surface area contributed by atoms with Gasteiger partial charge in [0.15, 0.2) is 5.82 Å². The number of nitrogens with zero attached hydrogens (tertiary/aromatic N) is 4. The molecule has 1 aliphatic carbocycles. The topological polar surface area (TPSA) is 59.4 Å². The molecule has 0 radical (unpaired) electrons. The first-order valence-electron chi connectivity index (χ1n) is 11.0. The number of amidine groups is 1. The lowest BCUT2D eigenvalue weighted by atomic mass is 9.88. The van der Waals surface area contributed by atoms with Crippen molar-refractivity contribution in [3.05, 3.63) is 83.3 Å². The third-order valence-corrected chi connectivity index (χ3v) is 6.30. The molecule has 1 fully saturated rings. The molecule has 0 amide bonds. The van der Waals surface area contributed by atoms with E-state index in [0.29, 0.717) is 18.4 Å². The number of hydrogen-bond donors (Lipinski definition) is 1. The van der Waals surface area contributed by atoms with Crippen molar-refractivity contribution >= 4 is 11.7 Å². The van der Waals surface area contributed by atoms with E-state index in [1.165, 1.54) is 49.1 Å². The molecule has 30 heavy (non-hydrogen) atoms. The molecule has 1 aromatic heterocycles. The van der Waals surface area contributed by atoms with Crippen LogP contribution in [0.15, 0.2) is 65.7 Å². The summed E-state index contributed by atoms with van der Waals surface area (Å²) in [5.74, 6) is 3.28. The second-order valence-corrected chi connectivity index (χ2v) is 8.42. The molecule has 1 saturated carbocycles. The zero-order chi connectivity index (χ0) is 20.3. The zero-order valence-electron chi connectivity index (χ0n) is 17.4. The number of nitrogens with two attached hydrogens (primary N) is 1. The van der Waals surface area contributed by atoms with Crippen molar-refractivity contribution in [2.24, 2.45) is 10.7 Å². The molecule has 0 saturated heterocycles. The minimum absolute atomic E-state index is 0.499. The van der Waals surface area contributed by atoms with Crippen molar-refractivity contribution in [1.29, 1.82) is 0 Å². The highest BCUT2D eigenvalue weighted by Gasteiger charge is 2.31. The molecule has 0 bridgehead atoms. The minimum Gasteiger partial charge on any atom is -0.382 e. The number of rotatable bonds is 5. The van der Waals surface area contributed by atoms with Crippen LogP contribution in [-0.4, -0.2) is 22.1 Å². The Balaban J connectivity index is 1.57. The van der Waals surface area contributed by atoms with Crippen LogP contribution in [-0.2, 0) is 13.1 Å². The van der Waals surface area contributed by atoms with E-state index in [1.54, 1.807) is 0 Å². The quantitative estimate of drug-likeness (QED) is 0.679. The summed E-state index contributed by atoms with van der Waals surface area (Å²) in [7, 11) is 0. The van der Waals surface area contributed by atoms with Crippen molar-refractivity contribution in [3.8, 4) is 0 Å². The molecule has 0 atom stereocenters. The number of aromatic nitrogens is 2. The molecule has 2 N–H and O–H groups in total. The Bertz CT molecular complexity index is 1020. The number of fused-ring (bicyclic) bond motifs is 1. The molecular formula is C25H29N5. The first-order chi connectivity index (χ1) is 14.8. The number of anilines is 1. The second-order valence-electron chi connectivity index (χ2n) is 8.42. The lowest BCUT2D eigenvalue weighted by Crippen LogP contribution is -2.33. The molecule has 2 heterocycles. The van der Waals surface area contributed by atoms with E-state index in [2.05, 4.69) is 75.1 Å². The number of imidazole rings is 1. The van der Waals surface area contributed by atoms with Gasteiger partial charge in [-0.15, -0.1) is 0 Å². The van der Waals surface area contributed by atoms with Gasteiger partial charge in [-0.05, 0) is 24.0 Å². The van der Waals surface area contributed by atoms with Gasteiger partial charge >= 0.3 is 0 Å². The van der Waals surface area contributed by atoms with Gasteiger partial charge in [0.2, 0.25) is 0 Å². The predicted octanol–water partition coefficient (Wildman–Crippen LogP) is 4.66. The Morgan fingerprint density at radius 2 is 1.47 bits per heavy atom. The van der Waals surface area contributed by atoms with Crippen molar-refractivity contribution in [2.45, 2.75) is 51.1 Å². The van der Waals surface area contributed by atoms with Crippen LogP contribution < -0.4 is 10.6 Å². The van der Waals surface area contributed by atoms with E-state index in [-0.39, 0.29) is 0 Å². The summed E-state index contributed by atoms with van der Waals surface area (Å²) in [6.45, 7) is 2.13. The SMILES string of the molecule is NC1=NCN(Cc2ccccc2)c2nc(C3CCCCC3)n(Cc3ccccc3)c21. The van der Waals surface area contributed by atoms with Gasteiger partial charge in [0.05, 0.1) is 0 Å². The van der Waals surface area contributed by atoms with Gasteiger partial charge in [-0.1, -0.05) is 79.9 Å². The largest absolute Gasteiger partial charge is 0.382 e. The van der Waals surface area contributed by atoms with Crippen LogP contribution in [0.25, 0.3) is 0 Å². The summed E-state index contributed by atoms with van der Waals surface area (Å²) in [5, 5.41) is 0. The zero-order valence-corrected chi connectivity index (χ0v) is 17.4. The fraction of sp³-hybridized carbons (Fsp3) is 0.360. The van der Waals surface area contributed by atoms with Gasteiger partial charge in [-0.3, -0.25) is 0 Å². The highest BCUT2D eigenvalue weighted by Crippen LogP contribution is 2.36. The lowest BCUT2D eigenvalue weighted by Gasteiger charge is -2.26. The van der Waals surface area contributed by atoms with E-state index in [9.17, 15) is 0 Å². The van der Waals surface area contributed by atoms with Gasteiger partial charge in [0, 0.05) is 19.0 Å². The normalized spacial score (nSPS) is 16.9. The third kappa shape index (κ3) is 3.72. The van der Waals surface area contributed by atoms with Gasteiger partial charge in [0.25, 0.3) is 0 Å². The van der Waals surface area contributed by atoms with Gasteiger partial charge in [-0.2, -0.15) is 0 Å². The Morgan fingerprint density at radius 1 is 0.833 bits per heavy atom. The predicted molar refractivity (Wildman–Crippen MR) is 122 cm³/mol. The van der Waals surface area contributed by atoms with Crippen molar-refractivity contribution in [3.63, 3.8) is 0 Å². The minimum atomic E-state index is 0.499. The Morgan fingerprint density at radius 3 is 2.13 bits per heavy atom. The summed E-state index contributed by atoms with van der Waals surface area (Å²) < 4.78 is 2.34. The fourth-order valence-corrected chi connectivity index (χ4v) is 4.76. The standard InChI is InChI=1S/C25H29N5/c26-23-22-25(29(18-27-23)16-19-10-4-1-5-11-19)28-24(21-14-8-3-9-15-21)30(22)17-20-12-6-2-7-13-20/h1-2,4-7,10-13,21H,3,8-9,14-18H2,(H2,26,27). The van der Waals surface area contributed by atoms with E-state index in [1.807, 2.05) is 0 Å². The van der Waals surface area contributed by atoms with Crippen LogP contribution in [0, 0.1) is 0 Å². The van der Waals surface area contributed by atoms with Crippen LogP contribution >= 0.6 is 0 Å². The summed E-state index contributed by atoms with van der Waals surface area (Å²) in [5.41, 5.74) is 9.98. The molecular weight excluding hydrogens is 370 g/mol. The van der Waals surface area contributed by atoms with E-state index < -0.39 is 0 Å². The summed E-state index contributed by atoms with van der Waals surface area (Å²) in [6, 6.07) is 21.1. The Hall–Kier alpha value is -3.08. The molecule has 1 aliphatic heterocycles. The van der Waals surface area contributed by atoms with Crippen LogP contribution in [0.5, 0.6) is 0 Å². The van der Waals surface area contributed by atoms with Crippen LogP contribution in [0.1, 0.15) is 60.7 Å². The highest BCUT2D eigenvalue weighted by atomic mass is 15.3. The number of benzene rings is 2. The van der Waals surface area contributed by atoms with Crippen LogP contribution in [0.3, 0.4) is 0 Å². The molecule has 0 spiro atoms. The van der Waals surface area contributed by atoms with E-state index in [0.717, 1.165) is 24.6 Å². The van der Waals surface area contributed by atoms with Crippen molar-refractivity contribution < 1.29 is 0 Å². The molecule has 154 valence electrons. The molecule has 0 unspecified atom stereocenters. The second kappa shape index (κ2) is 8.34. The lowest BCUT2D eigenvalue weighted by molar-refractivity contribution is 0.418. The summed E-state index contributed by atoms with van der Waals surface area (Å²) >= 11 is 0. The fourth-order valence-electron chi connectivity index (χ4n) is 4.76. The van der Waals surface area contributed by atoms with E-state index in [4.69, 9.17) is 10.7 Å². The summed E-state index contributed by atoms with van der Waals surface area (Å²) in [6.07, 6.45) is 6.32. The molecule has 5 heteroatoms. The molecule has 3 aromatic rings. The van der Waals surface area contributed by atoms with Crippen LogP contribution in [0.2, 0.25) is 0 Å². The van der Waals surface area contributed by atoms with Crippen LogP contribution in [0.4, 0.5) is 5.82 Å². The summed E-state index contributed by atoms with van der Waals surface area (Å²) in [4.78, 5) is 12.2. The average molecular weight is 400 g/mol. The molecule has 2 aliphatic rings. The third-order valence-electron chi connectivity index (χ3n) is 6.30. The monoisotopic (exact) mass is 399 g/mol. The average Bonchev–Trinajstić information content (AvgIpc) is 3.18. The maximum Gasteiger partial charge on any atom is 0.160 e. The number of aliphatic imine (C=N–C) groups is 1. The first kappa shape index (κ1) is 18.9. The van der Waals surface area contributed by atoms with Gasteiger partial charge < -0.3 is 15.2 Å². The molecule has 2 aromatic carbocycles. The highest BCUT2D eigenvalue weighted by molar-refractivity contribution is 6.01. The van der Waals surface area contributed by atoms with Gasteiger partial charge in [0.1, 0.15) is 24.0 Å². The maximum absolute atomic E-state index is 6.46. The molecule has 5 nitrogen and oxygen atoms in total. The van der Waals surface area contributed by atoms with Crippen molar-refractivity contribution in [1.82, 2.24) is 9.55 Å². The number of hydrogen-bond acceptors (Lipinski definition) is 4. The Kier molecular flexibility index (Phi) is 5.26. The Labute approximate surface area is 178 Å². The van der Waals surface area contributed by atoms with Crippen molar-refractivity contribution in [2.75, 3.05) is 11.6 Å².